The number of hydrogen-bond donors (Lipinski definition) is 0. The molecule has 0 atom stereocenters. The molecule has 0 unspecified atom stereocenters. The lowest BCUT2D eigenvalue weighted by atomic mass is 10.2. The normalized spacial score (nSPS) is 10.4. The van der Waals surface area contributed by atoms with Gasteiger partial charge in [-0.2, -0.15) is 0 Å². The highest BCUT2D eigenvalue weighted by molar-refractivity contribution is 9.10. The first-order valence-corrected chi connectivity index (χ1v) is 7.04. The summed E-state index contributed by atoms with van der Waals surface area (Å²) in [6, 6.07) is 9.85. The average Bonchev–Trinajstić information content (AvgIpc) is 2.32. The van der Waals surface area contributed by atoms with Gasteiger partial charge in [-0.05, 0) is 30.3 Å². The maximum Gasteiger partial charge on any atom is 0.139 e. The topological polar surface area (TPSA) is 9.23 Å². The van der Waals surface area contributed by atoms with Crippen LogP contribution in [0.3, 0.4) is 0 Å². The molecule has 94 valence electrons. The van der Waals surface area contributed by atoms with Crippen LogP contribution in [0.4, 0.5) is 4.39 Å². The SMILES string of the molecule is Fc1ccc(COc2cc(Br)ccc2Cl)c(Br)c1. The van der Waals surface area contributed by atoms with Gasteiger partial charge in [0.25, 0.3) is 0 Å². The highest BCUT2D eigenvalue weighted by Crippen LogP contribution is 2.29. The maximum absolute atomic E-state index is 12.9. The lowest BCUT2D eigenvalue weighted by Crippen LogP contribution is -1.97. The lowest BCUT2D eigenvalue weighted by molar-refractivity contribution is 0.305. The molecule has 0 N–H and O–H groups in total. The molecule has 0 heterocycles. The first-order valence-electron chi connectivity index (χ1n) is 5.08. The Morgan fingerprint density at radius 3 is 2.61 bits per heavy atom. The van der Waals surface area contributed by atoms with Crippen molar-refractivity contribution in [2.24, 2.45) is 0 Å². The van der Waals surface area contributed by atoms with E-state index in [1.807, 2.05) is 6.07 Å². The molecule has 0 amide bonds. The van der Waals surface area contributed by atoms with Crippen molar-refractivity contribution in [1.82, 2.24) is 0 Å². The molecule has 0 aliphatic heterocycles. The number of benzene rings is 2. The summed E-state index contributed by atoms with van der Waals surface area (Å²) >= 11 is 12.7. The van der Waals surface area contributed by atoms with Crippen LogP contribution in [0.5, 0.6) is 5.75 Å². The molecule has 18 heavy (non-hydrogen) atoms. The summed E-state index contributed by atoms with van der Waals surface area (Å²) in [4.78, 5) is 0. The van der Waals surface area contributed by atoms with Crippen molar-refractivity contribution < 1.29 is 9.13 Å². The van der Waals surface area contributed by atoms with Gasteiger partial charge in [0.05, 0.1) is 5.02 Å². The molecular weight excluding hydrogens is 386 g/mol. The fourth-order valence-corrected chi connectivity index (χ4v) is 2.36. The van der Waals surface area contributed by atoms with Gasteiger partial charge in [-0.25, -0.2) is 4.39 Å². The molecule has 0 aliphatic rings. The van der Waals surface area contributed by atoms with E-state index >= 15 is 0 Å². The Bertz CT molecular complexity index is 575. The van der Waals surface area contributed by atoms with E-state index in [1.165, 1.54) is 12.1 Å². The fraction of sp³-hybridized carbons (Fsp3) is 0.0769. The zero-order valence-corrected chi connectivity index (χ0v) is 13.0. The monoisotopic (exact) mass is 392 g/mol. The van der Waals surface area contributed by atoms with E-state index in [0.29, 0.717) is 21.9 Å². The van der Waals surface area contributed by atoms with E-state index in [1.54, 1.807) is 18.2 Å². The van der Waals surface area contributed by atoms with Crippen LogP contribution in [0.2, 0.25) is 5.02 Å². The van der Waals surface area contributed by atoms with Crippen LogP contribution < -0.4 is 4.74 Å². The van der Waals surface area contributed by atoms with Gasteiger partial charge in [0.15, 0.2) is 0 Å². The lowest BCUT2D eigenvalue weighted by Gasteiger charge is -2.09. The summed E-state index contributed by atoms with van der Waals surface area (Å²) < 4.78 is 20.1. The van der Waals surface area contributed by atoms with E-state index in [9.17, 15) is 4.39 Å². The summed E-state index contributed by atoms with van der Waals surface area (Å²) in [5.74, 6) is 0.299. The maximum atomic E-state index is 12.9. The molecule has 0 saturated heterocycles. The van der Waals surface area contributed by atoms with Crippen molar-refractivity contribution in [1.29, 1.82) is 0 Å². The zero-order valence-electron chi connectivity index (χ0n) is 9.09. The molecule has 2 aromatic carbocycles. The Balaban J connectivity index is 2.13. The molecule has 0 spiro atoms. The van der Waals surface area contributed by atoms with Crippen LogP contribution in [0, 0.1) is 5.82 Å². The van der Waals surface area contributed by atoms with E-state index in [4.69, 9.17) is 16.3 Å². The van der Waals surface area contributed by atoms with Gasteiger partial charge in [-0.3, -0.25) is 0 Å². The van der Waals surface area contributed by atoms with Crippen LogP contribution in [0.1, 0.15) is 5.56 Å². The molecule has 2 rings (SSSR count). The van der Waals surface area contributed by atoms with E-state index < -0.39 is 0 Å². The third-order valence-electron chi connectivity index (χ3n) is 2.29. The van der Waals surface area contributed by atoms with Gasteiger partial charge >= 0.3 is 0 Å². The highest BCUT2D eigenvalue weighted by atomic mass is 79.9. The first-order chi connectivity index (χ1) is 8.56. The predicted octanol–water partition coefficient (Wildman–Crippen LogP) is 5.58. The van der Waals surface area contributed by atoms with E-state index in [2.05, 4.69) is 31.9 Å². The second kappa shape index (κ2) is 6.04. The summed E-state index contributed by atoms with van der Waals surface area (Å²) in [5, 5.41) is 0.538. The van der Waals surface area contributed by atoms with Crippen LogP contribution in [-0.2, 0) is 6.61 Å². The minimum atomic E-state index is -0.286. The second-order valence-corrected chi connectivity index (χ2v) is 5.78. The largest absolute Gasteiger partial charge is 0.487 e. The third kappa shape index (κ3) is 3.46. The Morgan fingerprint density at radius 2 is 1.89 bits per heavy atom. The Hall–Kier alpha value is -0.580. The van der Waals surface area contributed by atoms with Crippen molar-refractivity contribution in [3.8, 4) is 5.75 Å². The number of hydrogen-bond acceptors (Lipinski definition) is 1. The molecule has 0 aromatic heterocycles. The Kier molecular flexibility index (Phi) is 4.65. The molecule has 1 nitrogen and oxygen atoms in total. The summed E-state index contributed by atoms with van der Waals surface area (Å²) in [5.41, 5.74) is 0.854. The smallest absolute Gasteiger partial charge is 0.139 e. The van der Waals surface area contributed by atoms with Crippen LogP contribution in [0.15, 0.2) is 45.3 Å². The van der Waals surface area contributed by atoms with Crippen molar-refractivity contribution >= 4 is 43.5 Å². The van der Waals surface area contributed by atoms with Gasteiger partial charge in [-0.1, -0.05) is 49.5 Å². The Morgan fingerprint density at radius 1 is 1.11 bits per heavy atom. The van der Waals surface area contributed by atoms with Gasteiger partial charge in [0, 0.05) is 14.5 Å². The molecular formula is C13H8Br2ClFO. The number of rotatable bonds is 3. The van der Waals surface area contributed by atoms with E-state index in [-0.39, 0.29) is 5.82 Å². The molecule has 0 bridgehead atoms. The molecule has 0 aliphatic carbocycles. The zero-order chi connectivity index (χ0) is 13.1. The van der Waals surface area contributed by atoms with Crippen molar-refractivity contribution in [3.63, 3.8) is 0 Å². The predicted molar refractivity (Wildman–Crippen MR) is 77.6 cm³/mol. The standard InChI is InChI=1S/C13H8Br2ClFO/c14-9-2-4-12(16)13(5-9)18-7-8-1-3-10(17)6-11(8)15/h1-6H,7H2. The average molecular weight is 394 g/mol. The van der Waals surface area contributed by atoms with Gasteiger partial charge in [0.2, 0.25) is 0 Å². The second-order valence-electron chi connectivity index (χ2n) is 3.60. The molecule has 0 radical (unpaired) electrons. The minimum absolute atomic E-state index is 0.286. The van der Waals surface area contributed by atoms with Crippen molar-refractivity contribution in [2.45, 2.75) is 6.61 Å². The molecule has 5 heteroatoms. The highest BCUT2D eigenvalue weighted by Gasteiger charge is 2.06. The van der Waals surface area contributed by atoms with Crippen LogP contribution in [0.25, 0.3) is 0 Å². The van der Waals surface area contributed by atoms with Crippen LogP contribution in [-0.4, -0.2) is 0 Å². The molecule has 2 aromatic rings. The molecule has 0 saturated carbocycles. The van der Waals surface area contributed by atoms with E-state index in [0.717, 1.165) is 10.0 Å². The van der Waals surface area contributed by atoms with Crippen molar-refractivity contribution in [2.75, 3.05) is 0 Å². The minimum Gasteiger partial charge on any atom is -0.487 e. The summed E-state index contributed by atoms with van der Waals surface area (Å²) in [6.07, 6.45) is 0. The van der Waals surface area contributed by atoms with Gasteiger partial charge < -0.3 is 4.74 Å². The summed E-state index contributed by atoms with van der Waals surface area (Å²) in [6.45, 7) is 0.317. The van der Waals surface area contributed by atoms with Gasteiger partial charge in [0.1, 0.15) is 18.2 Å². The quantitative estimate of drug-likeness (QED) is 0.660. The van der Waals surface area contributed by atoms with Gasteiger partial charge in [-0.15, -0.1) is 0 Å². The molecule has 0 fully saturated rings. The summed E-state index contributed by atoms with van der Waals surface area (Å²) in [7, 11) is 0. The number of halogens is 4. The first kappa shape index (κ1) is 13.8. The van der Waals surface area contributed by atoms with Crippen LogP contribution >= 0.6 is 43.5 Å². The fourth-order valence-electron chi connectivity index (χ4n) is 1.38. The third-order valence-corrected chi connectivity index (χ3v) is 3.84. The Labute approximate surface area is 126 Å². The van der Waals surface area contributed by atoms with Crippen molar-refractivity contribution in [3.05, 3.63) is 61.7 Å². The number of ether oxygens (including phenoxy) is 1.